The number of alkyl halides is 3. The number of carbonyl (C=O) groups is 1. The van der Waals surface area contributed by atoms with Crippen LogP contribution in [0.1, 0.15) is 37.3 Å². The quantitative estimate of drug-likeness (QED) is 0.499. The van der Waals surface area contributed by atoms with Crippen LogP contribution in [0.3, 0.4) is 0 Å². The Hall–Kier alpha value is -2.76. The van der Waals surface area contributed by atoms with E-state index in [4.69, 9.17) is 0 Å². The van der Waals surface area contributed by atoms with E-state index >= 15 is 0 Å². The summed E-state index contributed by atoms with van der Waals surface area (Å²) in [5.41, 5.74) is 3.14. The summed E-state index contributed by atoms with van der Waals surface area (Å²) in [5.74, 6) is 0.861. The molecule has 3 aromatic rings. The summed E-state index contributed by atoms with van der Waals surface area (Å²) >= 11 is 0. The van der Waals surface area contributed by atoms with Gasteiger partial charge in [0.1, 0.15) is 5.78 Å². The lowest BCUT2D eigenvalue weighted by molar-refractivity contribution is -0.137. The normalized spacial score (nSPS) is 17.6. The van der Waals surface area contributed by atoms with Crippen LogP contribution in [0.2, 0.25) is 0 Å². The minimum Gasteiger partial charge on any atom is -0.370 e. The van der Waals surface area contributed by atoms with Crippen LogP contribution >= 0.6 is 0 Å². The highest BCUT2D eigenvalue weighted by Gasteiger charge is 2.32. The molecule has 162 valence electrons. The second kappa shape index (κ2) is 7.43. The third-order valence-electron chi connectivity index (χ3n) is 6.88. The molecule has 5 rings (SSSR count). The monoisotopic (exact) mass is 426 g/mol. The molecular formula is C25H25F3N2O. The Balaban J connectivity index is 1.53. The van der Waals surface area contributed by atoms with E-state index in [9.17, 15) is 18.0 Å². The van der Waals surface area contributed by atoms with Crippen molar-refractivity contribution >= 4 is 22.4 Å². The zero-order valence-electron chi connectivity index (χ0n) is 17.5. The number of hydrogen-bond acceptors (Lipinski definition) is 2. The van der Waals surface area contributed by atoms with Gasteiger partial charge in [0, 0.05) is 36.0 Å². The van der Waals surface area contributed by atoms with Gasteiger partial charge in [-0.3, -0.25) is 4.79 Å². The van der Waals surface area contributed by atoms with E-state index in [0.717, 1.165) is 41.7 Å². The number of hydrogen-bond donors (Lipinski definition) is 0. The first-order valence-electron chi connectivity index (χ1n) is 10.9. The van der Waals surface area contributed by atoms with Crippen molar-refractivity contribution in [3.63, 3.8) is 0 Å². The fourth-order valence-electron chi connectivity index (χ4n) is 4.64. The van der Waals surface area contributed by atoms with Crippen LogP contribution in [-0.2, 0) is 17.4 Å². The minimum absolute atomic E-state index is 0.0888. The molecule has 2 fully saturated rings. The van der Waals surface area contributed by atoms with E-state index in [0.29, 0.717) is 24.4 Å². The molecule has 0 amide bonds. The Morgan fingerprint density at radius 1 is 1.06 bits per heavy atom. The highest BCUT2D eigenvalue weighted by Crippen LogP contribution is 2.37. The average Bonchev–Trinajstić information content (AvgIpc) is 3.01. The summed E-state index contributed by atoms with van der Waals surface area (Å²) in [4.78, 5) is 13.7. The molecule has 31 heavy (non-hydrogen) atoms. The number of rotatable bonds is 5. The molecule has 0 N–H and O–H groups in total. The summed E-state index contributed by atoms with van der Waals surface area (Å²) in [6, 6.07) is 12.1. The third kappa shape index (κ3) is 3.73. The standard InChI is InChI=1S/C25H25F3N2O/c1-16(31)19-13-29(14-19)21-6-3-7-22(12-21)30-15-18(10-17-4-2-5-17)23-11-20(25(26,27)28)8-9-24(23)30/h3,6-9,11-12,15,17,19H,2,4-5,10,13-14H2,1H3. The Morgan fingerprint density at radius 2 is 1.81 bits per heavy atom. The van der Waals surface area contributed by atoms with Gasteiger partial charge in [-0.15, -0.1) is 0 Å². The Morgan fingerprint density at radius 3 is 2.45 bits per heavy atom. The van der Waals surface area contributed by atoms with Crippen molar-refractivity contribution in [2.45, 2.75) is 38.8 Å². The van der Waals surface area contributed by atoms with Gasteiger partial charge in [0.15, 0.2) is 0 Å². The maximum Gasteiger partial charge on any atom is 0.416 e. The molecule has 0 radical (unpaired) electrons. The second-order valence-corrected chi connectivity index (χ2v) is 8.99. The van der Waals surface area contributed by atoms with Crippen molar-refractivity contribution in [1.82, 2.24) is 4.57 Å². The summed E-state index contributed by atoms with van der Waals surface area (Å²) in [6.45, 7) is 3.06. The molecule has 0 atom stereocenters. The molecular weight excluding hydrogens is 401 g/mol. The van der Waals surface area contributed by atoms with Gasteiger partial charge in [0.2, 0.25) is 0 Å². The van der Waals surface area contributed by atoms with E-state index in [1.54, 1.807) is 13.0 Å². The van der Waals surface area contributed by atoms with Crippen LogP contribution in [0.5, 0.6) is 0 Å². The Labute approximate surface area is 179 Å². The lowest BCUT2D eigenvalue weighted by Crippen LogP contribution is -2.49. The molecule has 0 unspecified atom stereocenters. The van der Waals surface area contributed by atoms with Crippen LogP contribution < -0.4 is 4.90 Å². The number of aromatic nitrogens is 1. The van der Waals surface area contributed by atoms with Crippen molar-refractivity contribution < 1.29 is 18.0 Å². The largest absolute Gasteiger partial charge is 0.416 e. The summed E-state index contributed by atoms with van der Waals surface area (Å²) in [6.07, 6.45) is 1.97. The van der Waals surface area contributed by atoms with Gasteiger partial charge in [-0.2, -0.15) is 13.2 Å². The summed E-state index contributed by atoms with van der Waals surface area (Å²) in [5, 5.41) is 0.688. The number of Topliss-reactive ketones (excluding diaryl/α,β-unsaturated/α-hetero) is 1. The molecule has 1 aliphatic carbocycles. The smallest absolute Gasteiger partial charge is 0.370 e. The van der Waals surface area contributed by atoms with E-state index in [1.165, 1.54) is 18.6 Å². The van der Waals surface area contributed by atoms with Crippen molar-refractivity contribution in [2.24, 2.45) is 11.8 Å². The van der Waals surface area contributed by atoms with Crippen LogP contribution in [-0.4, -0.2) is 23.4 Å². The number of carbonyl (C=O) groups excluding carboxylic acids is 1. The fraction of sp³-hybridized carbons (Fsp3) is 0.400. The van der Waals surface area contributed by atoms with Crippen LogP contribution in [0.4, 0.5) is 18.9 Å². The average molecular weight is 426 g/mol. The van der Waals surface area contributed by atoms with E-state index < -0.39 is 11.7 Å². The molecule has 1 saturated heterocycles. The maximum absolute atomic E-state index is 13.4. The van der Waals surface area contributed by atoms with E-state index in [1.807, 2.05) is 29.0 Å². The van der Waals surface area contributed by atoms with Gasteiger partial charge in [-0.1, -0.05) is 25.3 Å². The Kier molecular flexibility index (Phi) is 4.83. The fourth-order valence-corrected chi connectivity index (χ4v) is 4.64. The molecule has 1 saturated carbocycles. The van der Waals surface area contributed by atoms with Crippen LogP contribution in [0, 0.1) is 11.8 Å². The van der Waals surface area contributed by atoms with Crippen molar-refractivity contribution in [3.8, 4) is 5.69 Å². The van der Waals surface area contributed by atoms with E-state index in [2.05, 4.69) is 11.0 Å². The Bertz CT molecular complexity index is 1140. The van der Waals surface area contributed by atoms with Gasteiger partial charge in [-0.25, -0.2) is 0 Å². The van der Waals surface area contributed by atoms with Gasteiger partial charge in [-0.05, 0) is 61.2 Å². The number of benzene rings is 2. The lowest BCUT2D eigenvalue weighted by Gasteiger charge is -2.39. The highest BCUT2D eigenvalue weighted by atomic mass is 19.4. The minimum atomic E-state index is -4.35. The SMILES string of the molecule is CC(=O)C1CN(c2cccc(-n3cc(CC4CCC4)c4cc(C(F)(F)F)ccc43)c2)C1. The lowest BCUT2D eigenvalue weighted by atomic mass is 9.81. The van der Waals surface area contributed by atoms with Gasteiger partial charge < -0.3 is 9.47 Å². The number of fused-ring (bicyclic) bond motifs is 1. The molecule has 3 nitrogen and oxygen atoms in total. The number of halogens is 3. The zero-order valence-corrected chi connectivity index (χ0v) is 17.5. The number of nitrogens with zero attached hydrogens (tertiary/aromatic N) is 2. The summed E-state index contributed by atoms with van der Waals surface area (Å²) in [7, 11) is 0. The number of ketones is 1. The first kappa shape index (κ1) is 20.2. The summed E-state index contributed by atoms with van der Waals surface area (Å²) < 4.78 is 42.1. The van der Waals surface area contributed by atoms with Gasteiger partial charge >= 0.3 is 6.18 Å². The molecule has 2 heterocycles. The van der Waals surface area contributed by atoms with Crippen molar-refractivity contribution in [1.29, 1.82) is 0 Å². The van der Waals surface area contributed by atoms with Crippen LogP contribution in [0.15, 0.2) is 48.7 Å². The molecule has 0 spiro atoms. The predicted octanol–water partition coefficient (Wildman–Crippen LogP) is 6.02. The van der Waals surface area contributed by atoms with Crippen molar-refractivity contribution in [3.05, 3.63) is 59.8 Å². The van der Waals surface area contributed by atoms with Gasteiger partial charge in [0.05, 0.1) is 17.0 Å². The predicted molar refractivity (Wildman–Crippen MR) is 116 cm³/mol. The second-order valence-electron chi connectivity index (χ2n) is 8.99. The molecule has 0 bridgehead atoms. The molecule has 1 aliphatic heterocycles. The van der Waals surface area contributed by atoms with Gasteiger partial charge in [0.25, 0.3) is 0 Å². The maximum atomic E-state index is 13.4. The molecule has 6 heteroatoms. The first-order chi connectivity index (χ1) is 14.8. The first-order valence-corrected chi connectivity index (χ1v) is 10.9. The molecule has 1 aromatic heterocycles. The molecule has 2 aromatic carbocycles. The zero-order chi connectivity index (χ0) is 21.8. The number of anilines is 1. The van der Waals surface area contributed by atoms with Crippen LogP contribution in [0.25, 0.3) is 16.6 Å². The molecule has 2 aliphatic rings. The highest BCUT2D eigenvalue weighted by molar-refractivity contribution is 5.87. The third-order valence-corrected chi connectivity index (χ3v) is 6.88. The topological polar surface area (TPSA) is 25.2 Å². The van der Waals surface area contributed by atoms with E-state index in [-0.39, 0.29) is 11.7 Å². The van der Waals surface area contributed by atoms with Crippen molar-refractivity contribution in [2.75, 3.05) is 18.0 Å².